The molecule has 3 aromatic rings. The minimum absolute atomic E-state index is 0.108. The number of aromatic nitrogens is 3. The van der Waals surface area contributed by atoms with E-state index in [0.717, 1.165) is 45.9 Å². The van der Waals surface area contributed by atoms with Gasteiger partial charge in [-0.1, -0.05) is 19.1 Å². The van der Waals surface area contributed by atoms with Crippen molar-refractivity contribution in [1.29, 1.82) is 0 Å². The largest absolute Gasteiger partial charge is 0.351 e. The van der Waals surface area contributed by atoms with Gasteiger partial charge in [0.15, 0.2) is 5.82 Å². The lowest BCUT2D eigenvalue weighted by molar-refractivity contribution is -0.127. The van der Waals surface area contributed by atoms with Crippen LogP contribution in [0.25, 0.3) is 21.7 Å². The van der Waals surface area contributed by atoms with Crippen LogP contribution in [-0.2, 0) is 11.3 Å². The summed E-state index contributed by atoms with van der Waals surface area (Å²) in [5.41, 5.74) is 4.08. The molecule has 4 fully saturated rings. The molecule has 5 nitrogen and oxygen atoms in total. The molecule has 1 atom stereocenters. The number of carbonyl (C=O) groups excluding carboxylic acids is 1. The second kappa shape index (κ2) is 7.44. The van der Waals surface area contributed by atoms with Crippen LogP contribution in [0.3, 0.4) is 0 Å². The number of imidazole rings is 1. The highest BCUT2D eigenvalue weighted by Gasteiger charge is 2.54. The summed E-state index contributed by atoms with van der Waals surface area (Å²) in [6.45, 7) is 2.55. The zero-order valence-corrected chi connectivity index (χ0v) is 18.9. The molecule has 162 valence electrons. The van der Waals surface area contributed by atoms with Gasteiger partial charge in [-0.3, -0.25) is 9.78 Å². The van der Waals surface area contributed by atoms with Crippen LogP contribution in [-0.4, -0.2) is 26.5 Å². The monoisotopic (exact) mass is 434 g/mol. The molecule has 0 aliphatic heterocycles. The van der Waals surface area contributed by atoms with Crippen LogP contribution in [0, 0.1) is 23.2 Å². The van der Waals surface area contributed by atoms with Crippen LogP contribution in [0.2, 0.25) is 0 Å². The zero-order chi connectivity index (χ0) is 21.0. The predicted molar refractivity (Wildman–Crippen MR) is 124 cm³/mol. The van der Waals surface area contributed by atoms with Crippen molar-refractivity contribution in [3.8, 4) is 10.7 Å². The van der Waals surface area contributed by atoms with E-state index < -0.39 is 0 Å². The van der Waals surface area contributed by atoms with Crippen molar-refractivity contribution in [2.24, 2.45) is 23.2 Å². The number of thiazole rings is 1. The molecular formula is C25H30N4OS. The Morgan fingerprint density at radius 1 is 1.19 bits per heavy atom. The summed E-state index contributed by atoms with van der Waals surface area (Å²) in [7, 11) is 0. The van der Waals surface area contributed by atoms with E-state index in [4.69, 9.17) is 4.98 Å². The summed E-state index contributed by atoms with van der Waals surface area (Å²) < 4.78 is 2.06. The molecule has 0 unspecified atom stereocenters. The molecule has 1 N–H and O–H groups in total. The zero-order valence-electron chi connectivity index (χ0n) is 18.1. The van der Waals surface area contributed by atoms with E-state index in [1.807, 2.05) is 29.9 Å². The summed E-state index contributed by atoms with van der Waals surface area (Å²) in [5, 5.41) is 3.50. The first kappa shape index (κ1) is 19.5. The maximum absolute atomic E-state index is 13.4. The average molecular weight is 435 g/mol. The van der Waals surface area contributed by atoms with Gasteiger partial charge >= 0.3 is 0 Å². The first-order valence-electron chi connectivity index (χ1n) is 11.8. The highest BCUT2D eigenvalue weighted by atomic mass is 32.1. The van der Waals surface area contributed by atoms with Crippen molar-refractivity contribution in [3.63, 3.8) is 0 Å². The van der Waals surface area contributed by atoms with Crippen LogP contribution >= 0.6 is 11.3 Å². The molecule has 4 aliphatic carbocycles. The number of hydrogen-bond donors (Lipinski definition) is 1. The molecule has 0 spiro atoms. The van der Waals surface area contributed by atoms with E-state index >= 15 is 0 Å². The minimum atomic E-state index is 0.108. The summed E-state index contributed by atoms with van der Waals surface area (Å²) in [4.78, 5) is 23.4. The van der Waals surface area contributed by atoms with Gasteiger partial charge in [-0.25, -0.2) is 4.98 Å². The SMILES string of the molecule is CC[C@H](NC(=O)Cn1c(-c2cncs2)nc2ccccc21)C12CC3CC(CC(C3)C1)C2. The quantitative estimate of drug-likeness (QED) is 0.575. The van der Waals surface area contributed by atoms with Crippen molar-refractivity contribution in [1.82, 2.24) is 19.9 Å². The number of amides is 1. The third kappa shape index (κ3) is 3.30. The molecule has 4 saturated carbocycles. The third-order valence-electron chi connectivity index (χ3n) is 8.18. The van der Waals surface area contributed by atoms with Crippen molar-refractivity contribution in [2.75, 3.05) is 0 Å². The van der Waals surface area contributed by atoms with Gasteiger partial charge in [0.2, 0.25) is 5.91 Å². The lowest BCUT2D eigenvalue weighted by atomic mass is 9.47. The fourth-order valence-corrected chi connectivity index (χ4v) is 8.04. The third-order valence-corrected chi connectivity index (χ3v) is 8.95. The average Bonchev–Trinajstić information content (AvgIpc) is 3.39. The summed E-state index contributed by atoms with van der Waals surface area (Å²) in [5.74, 6) is 3.63. The Balaban J connectivity index is 1.27. The van der Waals surface area contributed by atoms with E-state index in [1.165, 1.54) is 38.5 Å². The Morgan fingerprint density at radius 3 is 2.55 bits per heavy atom. The van der Waals surface area contributed by atoms with Gasteiger partial charge in [-0.05, 0) is 80.2 Å². The van der Waals surface area contributed by atoms with Gasteiger partial charge in [0.25, 0.3) is 0 Å². The van der Waals surface area contributed by atoms with Crippen molar-refractivity contribution in [2.45, 2.75) is 64.5 Å². The molecule has 2 aromatic heterocycles. The highest BCUT2D eigenvalue weighted by molar-refractivity contribution is 7.13. The lowest BCUT2D eigenvalue weighted by Crippen LogP contribution is -2.57. The fourth-order valence-electron chi connectivity index (χ4n) is 7.43. The van der Waals surface area contributed by atoms with Gasteiger partial charge in [-0.2, -0.15) is 0 Å². The molecule has 2 heterocycles. The first-order valence-corrected chi connectivity index (χ1v) is 12.6. The maximum Gasteiger partial charge on any atom is 0.240 e. The van der Waals surface area contributed by atoms with E-state index in [1.54, 1.807) is 11.3 Å². The summed E-state index contributed by atoms with van der Waals surface area (Å²) in [6, 6.07) is 8.36. The molecule has 1 amide bonds. The summed E-state index contributed by atoms with van der Waals surface area (Å²) in [6.07, 6.45) is 11.1. The van der Waals surface area contributed by atoms with E-state index in [2.05, 4.69) is 27.9 Å². The van der Waals surface area contributed by atoms with E-state index in [9.17, 15) is 4.79 Å². The van der Waals surface area contributed by atoms with Crippen LogP contribution in [0.1, 0.15) is 51.9 Å². The Morgan fingerprint density at radius 2 is 1.90 bits per heavy atom. The lowest BCUT2D eigenvalue weighted by Gasteiger charge is -2.59. The summed E-state index contributed by atoms with van der Waals surface area (Å²) >= 11 is 1.56. The van der Waals surface area contributed by atoms with Crippen molar-refractivity contribution < 1.29 is 4.79 Å². The fraction of sp³-hybridized carbons (Fsp3) is 0.560. The second-order valence-corrected chi connectivity index (χ2v) is 11.1. The first-order chi connectivity index (χ1) is 15.1. The van der Waals surface area contributed by atoms with Gasteiger partial charge in [0.1, 0.15) is 6.54 Å². The molecule has 31 heavy (non-hydrogen) atoms. The molecule has 6 heteroatoms. The topological polar surface area (TPSA) is 59.8 Å². The number of benzene rings is 1. The number of hydrogen-bond acceptors (Lipinski definition) is 4. The minimum Gasteiger partial charge on any atom is -0.351 e. The van der Waals surface area contributed by atoms with E-state index in [0.29, 0.717) is 12.0 Å². The van der Waals surface area contributed by atoms with Gasteiger partial charge in [0, 0.05) is 12.2 Å². The van der Waals surface area contributed by atoms with Crippen molar-refractivity contribution in [3.05, 3.63) is 36.0 Å². The molecule has 1 aromatic carbocycles. The Bertz CT molecular complexity index is 1070. The smallest absolute Gasteiger partial charge is 0.240 e. The van der Waals surface area contributed by atoms with E-state index in [-0.39, 0.29) is 11.9 Å². The number of nitrogens with one attached hydrogen (secondary N) is 1. The number of para-hydroxylation sites is 2. The van der Waals surface area contributed by atoms with Crippen LogP contribution in [0.15, 0.2) is 36.0 Å². The molecule has 4 aliphatic rings. The number of rotatable bonds is 6. The number of carbonyl (C=O) groups is 1. The standard InChI is InChI=1S/C25H30N4OS/c1-2-22(25-10-16-7-17(11-25)9-18(8-16)12-25)28-23(30)14-29-20-6-4-3-5-19(20)27-24(29)21-13-26-15-31-21/h3-6,13,15-18,22H,2,7-12,14H2,1H3,(H,28,30)/t16?,17?,18?,22-,25?/m0/s1. The number of fused-ring (bicyclic) bond motifs is 1. The Kier molecular flexibility index (Phi) is 4.67. The van der Waals surface area contributed by atoms with Gasteiger partial charge in [0.05, 0.1) is 21.4 Å². The Labute approximate surface area is 187 Å². The van der Waals surface area contributed by atoms with Crippen LogP contribution in [0.4, 0.5) is 0 Å². The van der Waals surface area contributed by atoms with Crippen molar-refractivity contribution >= 4 is 28.3 Å². The molecule has 4 bridgehead atoms. The van der Waals surface area contributed by atoms with Gasteiger partial charge in [-0.15, -0.1) is 11.3 Å². The van der Waals surface area contributed by atoms with Crippen LogP contribution < -0.4 is 5.32 Å². The second-order valence-electron chi connectivity index (χ2n) is 10.2. The number of nitrogens with zero attached hydrogens (tertiary/aromatic N) is 3. The Hall–Kier alpha value is -2.21. The molecule has 0 saturated heterocycles. The maximum atomic E-state index is 13.4. The normalized spacial score (nSPS) is 30.0. The highest BCUT2D eigenvalue weighted by Crippen LogP contribution is 2.61. The molecule has 0 radical (unpaired) electrons. The molecule has 7 rings (SSSR count). The van der Waals surface area contributed by atoms with Crippen LogP contribution in [0.5, 0.6) is 0 Å². The van der Waals surface area contributed by atoms with Gasteiger partial charge < -0.3 is 9.88 Å². The predicted octanol–water partition coefficient (Wildman–Crippen LogP) is 5.27. The molecular weight excluding hydrogens is 404 g/mol.